The SMILES string of the molecule is Cc1cc(Oc2ccc3c4ccccc4n(-c4cc(C)ccn4)c3c2)cc(-n2cc(-c3c(CC(C)C)c(C)c(C)c(C)c3CC(C)C)cn2)c1. The van der Waals surface area contributed by atoms with E-state index in [4.69, 9.17) is 14.8 Å². The smallest absolute Gasteiger partial charge is 0.137 e. The lowest BCUT2D eigenvalue weighted by Crippen LogP contribution is -2.09. The molecular formula is C45H48N4O. The highest BCUT2D eigenvalue weighted by Crippen LogP contribution is 2.39. The van der Waals surface area contributed by atoms with Crippen molar-refractivity contribution in [2.75, 3.05) is 0 Å². The summed E-state index contributed by atoms with van der Waals surface area (Å²) in [7, 11) is 0. The van der Waals surface area contributed by atoms with Crippen LogP contribution in [-0.4, -0.2) is 19.3 Å². The summed E-state index contributed by atoms with van der Waals surface area (Å²) in [5.74, 6) is 3.56. The summed E-state index contributed by atoms with van der Waals surface area (Å²) in [4.78, 5) is 4.74. The summed E-state index contributed by atoms with van der Waals surface area (Å²) in [5, 5.41) is 7.30. The zero-order chi connectivity index (χ0) is 35.3. The van der Waals surface area contributed by atoms with E-state index < -0.39 is 0 Å². The topological polar surface area (TPSA) is 44.9 Å². The van der Waals surface area contributed by atoms with E-state index in [-0.39, 0.29) is 0 Å². The number of aromatic nitrogens is 4. The van der Waals surface area contributed by atoms with E-state index >= 15 is 0 Å². The van der Waals surface area contributed by atoms with E-state index in [1.165, 1.54) is 55.3 Å². The number of benzene rings is 4. The summed E-state index contributed by atoms with van der Waals surface area (Å²) >= 11 is 0. The minimum absolute atomic E-state index is 0.557. The molecule has 0 radical (unpaired) electrons. The van der Waals surface area contributed by atoms with Crippen LogP contribution in [0.15, 0.2) is 91.4 Å². The molecule has 0 atom stereocenters. The maximum atomic E-state index is 6.63. The average molecular weight is 661 g/mol. The molecule has 3 heterocycles. The Hall–Kier alpha value is -5.16. The van der Waals surface area contributed by atoms with Gasteiger partial charge >= 0.3 is 0 Å². The molecule has 0 saturated carbocycles. The van der Waals surface area contributed by atoms with Crippen molar-refractivity contribution < 1.29 is 4.74 Å². The lowest BCUT2D eigenvalue weighted by atomic mass is 9.80. The molecule has 4 aromatic carbocycles. The van der Waals surface area contributed by atoms with E-state index in [9.17, 15) is 0 Å². The minimum atomic E-state index is 0.557. The molecule has 5 nitrogen and oxygen atoms in total. The lowest BCUT2D eigenvalue weighted by Gasteiger charge is -2.24. The zero-order valence-corrected chi connectivity index (χ0v) is 30.9. The van der Waals surface area contributed by atoms with Gasteiger partial charge in [-0.15, -0.1) is 0 Å². The number of pyridine rings is 1. The van der Waals surface area contributed by atoms with Crippen molar-refractivity contribution in [3.05, 3.63) is 130 Å². The molecule has 0 fully saturated rings. The maximum Gasteiger partial charge on any atom is 0.137 e. The highest BCUT2D eigenvalue weighted by molar-refractivity contribution is 6.09. The monoisotopic (exact) mass is 660 g/mol. The number of hydrogen-bond donors (Lipinski definition) is 0. The standard InChI is InChI=1S/C45H48N4O/c1-27(2)18-40-32(8)31(7)33(9)41(19-28(3)4)45(40)34-25-47-48(26-34)35-20-30(6)21-37(23-35)50-36-14-15-39-38-12-10-11-13-42(38)49(43(39)24-36)44-22-29(5)16-17-46-44/h10-17,20-28H,18-19H2,1-9H3. The number of aryl methyl sites for hydroxylation is 2. The molecule has 0 spiro atoms. The molecule has 0 N–H and O–H groups in total. The summed E-state index contributed by atoms with van der Waals surface area (Å²) in [5.41, 5.74) is 15.1. The van der Waals surface area contributed by atoms with Crippen LogP contribution in [0.2, 0.25) is 0 Å². The maximum absolute atomic E-state index is 6.63. The van der Waals surface area contributed by atoms with Crippen LogP contribution in [-0.2, 0) is 12.8 Å². The largest absolute Gasteiger partial charge is 0.457 e. The predicted octanol–water partition coefficient (Wildman–Crippen LogP) is 11.8. The second-order valence-electron chi connectivity index (χ2n) is 14.9. The van der Waals surface area contributed by atoms with Crippen molar-refractivity contribution >= 4 is 21.8 Å². The first kappa shape index (κ1) is 33.3. The van der Waals surface area contributed by atoms with Crippen LogP contribution >= 0.6 is 0 Å². The van der Waals surface area contributed by atoms with E-state index in [2.05, 4.69) is 140 Å². The van der Waals surface area contributed by atoms with E-state index in [1.807, 2.05) is 23.1 Å². The first-order valence-electron chi connectivity index (χ1n) is 17.9. The van der Waals surface area contributed by atoms with Crippen molar-refractivity contribution in [3.63, 3.8) is 0 Å². The second-order valence-corrected chi connectivity index (χ2v) is 14.9. The fourth-order valence-electron chi connectivity index (χ4n) is 7.52. The number of ether oxygens (including phenoxy) is 1. The van der Waals surface area contributed by atoms with Gasteiger partial charge in [0.1, 0.15) is 17.3 Å². The molecule has 50 heavy (non-hydrogen) atoms. The van der Waals surface area contributed by atoms with Gasteiger partial charge in [0.2, 0.25) is 0 Å². The Kier molecular flexibility index (Phi) is 8.86. The Morgan fingerprint density at radius 1 is 0.660 bits per heavy atom. The van der Waals surface area contributed by atoms with Crippen LogP contribution in [0.1, 0.15) is 66.6 Å². The van der Waals surface area contributed by atoms with Crippen LogP contribution in [0, 0.1) is 46.5 Å². The number of rotatable bonds is 9. The molecule has 7 aromatic rings. The molecule has 0 aliphatic carbocycles. The van der Waals surface area contributed by atoms with Gasteiger partial charge in [0, 0.05) is 40.9 Å². The van der Waals surface area contributed by atoms with E-state index in [0.717, 1.165) is 52.4 Å². The molecule has 0 aliphatic heterocycles. The van der Waals surface area contributed by atoms with Crippen LogP contribution in [0.5, 0.6) is 11.5 Å². The van der Waals surface area contributed by atoms with Gasteiger partial charge < -0.3 is 4.74 Å². The molecule has 5 heteroatoms. The Bertz CT molecular complexity index is 2330. The van der Waals surface area contributed by atoms with Crippen LogP contribution < -0.4 is 4.74 Å². The first-order chi connectivity index (χ1) is 24.0. The third kappa shape index (κ3) is 6.22. The van der Waals surface area contributed by atoms with E-state index in [0.29, 0.717) is 11.8 Å². The fourth-order valence-corrected chi connectivity index (χ4v) is 7.52. The highest BCUT2D eigenvalue weighted by atomic mass is 16.5. The number of para-hydroxylation sites is 1. The molecular weight excluding hydrogens is 613 g/mol. The third-order valence-corrected chi connectivity index (χ3v) is 10.0. The van der Waals surface area contributed by atoms with Crippen molar-refractivity contribution in [2.45, 2.75) is 75.2 Å². The van der Waals surface area contributed by atoms with E-state index in [1.54, 1.807) is 0 Å². The number of nitrogens with zero attached hydrogens (tertiary/aromatic N) is 4. The molecule has 3 aromatic heterocycles. The van der Waals surface area contributed by atoms with Crippen molar-refractivity contribution in [1.29, 1.82) is 0 Å². The number of hydrogen-bond acceptors (Lipinski definition) is 3. The quantitative estimate of drug-likeness (QED) is 0.155. The summed E-state index contributed by atoms with van der Waals surface area (Å²) in [6.07, 6.45) is 8.22. The average Bonchev–Trinajstić information content (AvgIpc) is 3.68. The van der Waals surface area contributed by atoms with Crippen molar-refractivity contribution in [3.8, 4) is 34.1 Å². The van der Waals surface area contributed by atoms with Crippen molar-refractivity contribution in [2.24, 2.45) is 11.8 Å². The van der Waals surface area contributed by atoms with Crippen molar-refractivity contribution in [1.82, 2.24) is 19.3 Å². The van der Waals surface area contributed by atoms with Gasteiger partial charge in [0.05, 0.1) is 22.9 Å². The minimum Gasteiger partial charge on any atom is -0.457 e. The normalized spacial score (nSPS) is 11.8. The Balaban J connectivity index is 1.28. The van der Waals surface area contributed by atoms with Gasteiger partial charge in [-0.05, 0) is 146 Å². The molecule has 0 unspecified atom stereocenters. The summed E-state index contributed by atoms with van der Waals surface area (Å²) in [6.45, 7) is 20.4. The molecule has 0 aliphatic rings. The van der Waals surface area contributed by atoms with Gasteiger partial charge in [-0.1, -0.05) is 45.9 Å². The molecule has 0 saturated heterocycles. The van der Waals surface area contributed by atoms with Crippen LogP contribution in [0.4, 0.5) is 0 Å². The summed E-state index contributed by atoms with van der Waals surface area (Å²) < 4.78 is 10.9. The molecule has 0 amide bonds. The van der Waals surface area contributed by atoms with Gasteiger partial charge in [0.25, 0.3) is 0 Å². The highest BCUT2D eigenvalue weighted by Gasteiger charge is 2.22. The first-order valence-corrected chi connectivity index (χ1v) is 17.9. The van der Waals surface area contributed by atoms with Crippen LogP contribution in [0.25, 0.3) is 44.4 Å². The zero-order valence-electron chi connectivity index (χ0n) is 30.9. The summed E-state index contributed by atoms with van der Waals surface area (Å²) in [6, 6.07) is 25.3. The third-order valence-electron chi connectivity index (χ3n) is 10.0. The Morgan fingerprint density at radius 2 is 1.36 bits per heavy atom. The Labute approximate surface area is 296 Å². The fraction of sp³-hybridized carbons (Fsp3) is 0.289. The molecule has 0 bridgehead atoms. The van der Waals surface area contributed by atoms with Gasteiger partial charge in [-0.25, -0.2) is 9.67 Å². The molecule has 254 valence electrons. The van der Waals surface area contributed by atoms with Gasteiger partial charge in [-0.3, -0.25) is 4.57 Å². The Morgan fingerprint density at radius 3 is 2.06 bits per heavy atom. The number of fused-ring (bicyclic) bond motifs is 3. The molecule has 7 rings (SSSR count). The second kappa shape index (κ2) is 13.3. The van der Waals surface area contributed by atoms with Gasteiger partial charge in [-0.2, -0.15) is 5.10 Å². The lowest BCUT2D eigenvalue weighted by molar-refractivity contribution is 0.482. The van der Waals surface area contributed by atoms with Gasteiger partial charge in [0.15, 0.2) is 0 Å². The van der Waals surface area contributed by atoms with Crippen LogP contribution in [0.3, 0.4) is 0 Å². The predicted molar refractivity (Wildman–Crippen MR) is 208 cm³/mol.